The van der Waals surface area contributed by atoms with E-state index in [-0.39, 0.29) is 0 Å². The van der Waals surface area contributed by atoms with Crippen LogP contribution in [0.25, 0.3) is 28.1 Å². The van der Waals surface area contributed by atoms with Crippen LogP contribution < -0.4 is 4.74 Å². The first-order valence-corrected chi connectivity index (χ1v) is 8.75. The molecule has 0 aliphatic carbocycles. The van der Waals surface area contributed by atoms with Crippen LogP contribution in [0, 0.1) is 6.92 Å². The maximum absolute atomic E-state index is 5.31. The van der Waals surface area contributed by atoms with E-state index < -0.39 is 0 Å². The van der Waals surface area contributed by atoms with Crippen LogP contribution in [-0.4, -0.2) is 11.7 Å². The topological polar surface area (TPSA) is 14.2 Å². The number of rotatable bonds is 4. The zero-order valence-corrected chi connectivity index (χ0v) is 15.0. The third-order valence-electron chi connectivity index (χ3n) is 4.74. The molecule has 0 saturated heterocycles. The van der Waals surface area contributed by atoms with Gasteiger partial charge in [0, 0.05) is 17.4 Å². The standard InChI is InChI=1S/C24H21NO/c1-18-23(19-9-5-3-6-10-19)17-25(21-13-15-22(26-2)16-14-21)24(18)20-11-7-4-8-12-20/h3-17H,1-2H3. The van der Waals surface area contributed by atoms with Crippen molar-refractivity contribution in [2.45, 2.75) is 6.92 Å². The predicted octanol–water partition coefficient (Wildman–Crippen LogP) is 6.13. The Bertz CT molecular complexity index is 1000. The van der Waals surface area contributed by atoms with Crippen LogP contribution in [0.3, 0.4) is 0 Å². The predicted molar refractivity (Wildman–Crippen MR) is 108 cm³/mol. The van der Waals surface area contributed by atoms with Gasteiger partial charge >= 0.3 is 0 Å². The van der Waals surface area contributed by atoms with E-state index in [1.807, 2.05) is 12.1 Å². The Morgan fingerprint density at radius 1 is 0.692 bits per heavy atom. The molecule has 0 aliphatic rings. The summed E-state index contributed by atoms with van der Waals surface area (Å²) in [5.41, 5.74) is 7.31. The third kappa shape index (κ3) is 2.91. The van der Waals surface area contributed by atoms with Crippen molar-refractivity contribution < 1.29 is 4.74 Å². The van der Waals surface area contributed by atoms with Gasteiger partial charge in [0.05, 0.1) is 12.8 Å². The Labute approximate surface area is 154 Å². The normalized spacial score (nSPS) is 10.7. The van der Waals surface area contributed by atoms with Crippen molar-refractivity contribution in [2.75, 3.05) is 7.11 Å². The Morgan fingerprint density at radius 3 is 1.85 bits per heavy atom. The number of hydrogen-bond donors (Lipinski definition) is 0. The van der Waals surface area contributed by atoms with Gasteiger partial charge in [-0.25, -0.2) is 0 Å². The van der Waals surface area contributed by atoms with Crippen molar-refractivity contribution in [1.82, 2.24) is 4.57 Å². The first kappa shape index (κ1) is 16.2. The molecule has 0 N–H and O–H groups in total. The first-order valence-electron chi connectivity index (χ1n) is 8.75. The van der Waals surface area contributed by atoms with Gasteiger partial charge < -0.3 is 9.30 Å². The zero-order valence-electron chi connectivity index (χ0n) is 15.0. The Morgan fingerprint density at radius 2 is 1.27 bits per heavy atom. The Kier molecular flexibility index (Phi) is 4.32. The molecule has 1 aromatic heterocycles. The van der Waals surface area contributed by atoms with E-state index in [4.69, 9.17) is 4.74 Å². The Hall–Kier alpha value is -3.26. The lowest BCUT2D eigenvalue weighted by atomic mass is 10.0. The van der Waals surface area contributed by atoms with Gasteiger partial charge in [-0.1, -0.05) is 60.7 Å². The summed E-state index contributed by atoms with van der Waals surface area (Å²) in [4.78, 5) is 0. The lowest BCUT2D eigenvalue weighted by molar-refractivity contribution is 0.415. The van der Waals surface area contributed by atoms with Crippen molar-refractivity contribution in [2.24, 2.45) is 0 Å². The van der Waals surface area contributed by atoms with E-state index in [1.165, 1.54) is 27.9 Å². The van der Waals surface area contributed by atoms with E-state index in [9.17, 15) is 0 Å². The lowest BCUT2D eigenvalue weighted by Crippen LogP contribution is -1.96. The van der Waals surface area contributed by atoms with Crippen LogP contribution in [0.5, 0.6) is 5.75 Å². The van der Waals surface area contributed by atoms with E-state index >= 15 is 0 Å². The number of nitrogens with zero attached hydrogens (tertiary/aromatic N) is 1. The van der Waals surface area contributed by atoms with Gasteiger partial charge in [-0.2, -0.15) is 0 Å². The molecule has 0 saturated carbocycles. The van der Waals surface area contributed by atoms with Gasteiger partial charge in [0.1, 0.15) is 5.75 Å². The number of benzene rings is 3. The van der Waals surface area contributed by atoms with E-state index in [0.717, 1.165) is 11.4 Å². The minimum Gasteiger partial charge on any atom is -0.497 e. The summed E-state index contributed by atoms with van der Waals surface area (Å²) in [5, 5.41) is 0. The number of hydrogen-bond acceptors (Lipinski definition) is 1. The van der Waals surface area contributed by atoms with Crippen LogP contribution in [-0.2, 0) is 0 Å². The summed E-state index contributed by atoms with van der Waals surface area (Å²) >= 11 is 0. The summed E-state index contributed by atoms with van der Waals surface area (Å²) in [6, 6.07) is 29.3. The van der Waals surface area contributed by atoms with E-state index in [0.29, 0.717) is 0 Å². The smallest absolute Gasteiger partial charge is 0.119 e. The van der Waals surface area contributed by atoms with Crippen molar-refractivity contribution >= 4 is 0 Å². The summed E-state index contributed by atoms with van der Waals surface area (Å²) in [7, 11) is 1.69. The van der Waals surface area contributed by atoms with Crippen LogP contribution in [0.4, 0.5) is 0 Å². The fourth-order valence-electron chi connectivity index (χ4n) is 3.41. The molecule has 0 bridgehead atoms. The molecule has 2 heteroatoms. The van der Waals surface area contributed by atoms with Gasteiger partial charge in [0.15, 0.2) is 0 Å². The second kappa shape index (κ2) is 6.93. The summed E-state index contributed by atoms with van der Waals surface area (Å²) in [6.45, 7) is 2.20. The minimum absolute atomic E-state index is 0.863. The van der Waals surface area contributed by atoms with Gasteiger partial charge in [-0.15, -0.1) is 0 Å². The molecule has 4 rings (SSSR count). The fraction of sp³-hybridized carbons (Fsp3) is 0.0833. The molecular formula is C24H21NO. The van der Waals surface area contributed by atoms with E-state index in [2.05, 4.69) is 90.5 Å². The first-order chi connectivity index (χ1) is 12.8. The highest BCUT2D eigenvalue weighted by Crippen LogP contribution is 2.36. The molecule has 0 amide bonds. The molecule has 26 heavy (non-hydrogen) atoms. The van der Waals surface area contributed by atoms with Crippen LogP contribution in [0.15, 0.2) is 91.1 Å². The van der Waals surface area contributed by atoms with Crippen LogP contribution >= 0.6 is 0 Å². The van der Waals surface area contributed by atoms with Crippen molar-refractivity contribution in [1.29, 1.82) is 0 Å². The second-order valence-electron chi connectivity index (χ2n) is 6.32. The largest absolute Gasteiger partial charge is 0.497 e. The summed E-state index contributed by atoms with van der Waals surface area (Å²) < 4.78 is 7.58. The van der Waals surface area contributed by atoms with Crippen molar-refractivity contribution in [3.05, 3.63) is 96.7 Å². The van der Waals surface area contributed by atoms with Gasteiger partial charge in [0.25, 0.3) is 0 Å². The van der Waals surface area contributed by atoms with Gasteiger partial charge in [0.2, 0.25) is 0 Å². The van der Waals surface area contributed by atoms with Crippen molar-refractivity contribution in [3.63, 3.8) is 0 Å². The van der Waals surface area contributed by atoms with Crippen molar-refractivity contribution in [3.8, 4) is 33.8 Å². The maximum Gasteiger partial charge on any atom is 0.119 e. The molecule has 0 fully saturated rings. The zero-order chi connectivity index (χ0) is 17.9. The monoisotopic (exact) mass is 339 g/mol. The molecule has 0 aliphatic heterocycles. The number of methoxy groups -OCH3 is 1. The molecule has 0 radical (unpaired) electrons. The van der Waals surface area contributed by atoms with E-state index in [1.54, 1.807) is 7.11 Å². The SMILES string of the molecule is COc1ccc(-n2cc(-c3ccccc3)c(C)c2-c2ccccc2)cc1. The average molecular weight is 339 g/mol. The minimum atomic E-state index is 0.863. The van der Waals surface area contributed by atoms with Gasteiger partial charge in [-0.05, 0) is 47.9 Å². The van der Waals surface area contributed by atoms with Gasteiger partial charge in [-0.3, -0.25) is 0 Å². The lowest BCUT2D eigenvalue weighted by Gasteiger charge is -2.11. The van der Waals surface area contributed by atoms with Crippen LogP contribution in [0.2, 0.25) is 0 Å². The summed E-state index contributed by atoms with van der Waals surface area (Å²) in [5.74, 6) is 0.863. The highest BCUT2D eigenvalue weighted by molar-refractivity contribution is 5.79. The molecule has 2 nitrogen and oxygen atoms in total. The molecule has 128 valence electrons. The number of aromatic nitrogens is 1. The summed E-state index contributed by atoms with van der Waals surface area (Å²) in [6.07, 6.45) is 2.23. The molecular weight excluding hydrogens is 318 g/mol. The maximum atomic E-state index is 5.31. The highest BCUT2D eigenvalue weighted by atomic mass is 16.5. The average Bonchev–Trinajstić information content (AvgIpc) is 3.06. The molecule has 0 atom stereocenters. The highest BCUT2D eigenvalue weighted by Gasteiger charge is 2.16. The number of ether oxygens (including phenoxy) is 1. The quantitative estimate of drug-likeness (QED) is 0.436. The third-order valence-corrected chi connectivity index (χ3v) is 4.74. The fourth-order valence-corrected chi connectivity index (χ4v) is 3.41. The van der Waals surface area contributed by atoms with Crippen LogP contribution in [0.1, 0.15) is 5.56 Å². The molecule has 0 spiro atoms. The molecule has 0 unspecified atom stereocenters. The molecule has 3 aromatic carbocycles. The molecule has 1 heterocycles. The molecule has 4 aromatic rings. The Balaban J connectivity index is 1.94. The second-order valence-corrected chi connectivity index (χ2v) is 6.32.